The lowest BCUT2D eigenvalue weighted by molar-refractivity contribution is -0.154. The van der Waals surface area contributed by atoms with E-state index in [2.05, 4.69) is 4.74 Å². The van der Waals surface area contributed by atoms with Crippen molar-refractivity contribution >= 4 is 17.5 Å². The zero-order chi connectivity index (χ0) is 14.7. The van der Waals surface area contributed by atoms with Gasteiger partial charge in [0.2, 0.25) is 0 Å². The Balaban J connectivity index is 2.26. The van der Waals surface area contributed by atoms with Crippen molar-refractivity contribution < 1.29 is 19.1 Å². The second-order valence-corrected chi connectivity index (χ2v) is 4.52. The third-order valence-corrected chi connectivity index (χ3v) is 3.31. The molecule has 1 unspecified atom stereocenters. The Kier molecular flexibility index (Phi) is 3.94. The predicted molar refractivity (Wildman–Crippen MR) is 68.9 cm³/mol. The minimum absolute atomic E-state index is 0.105. The molecule has 5 heteroatoms. The summed E-state index contributed by atoms with van der Waals surface area (Å²) in [6, 6.07) is 6.74. The van der Waals surface area contributed by atoms with Crippen LogP contribution in [0.25, 0.3) is 0 Å². The van der Waals surface area contributed by atoms with Crippen LogP contribution in [0.4, 0.5) is 0 Å². The molecule has 1 aromatic rings. The van der Waals surface area contributed by atoms with E-state index in [1.54, 1.807) is 19.1 Å². The molecule has 0 spiro atoms. The molecule has 20 heavy (non-hydrogen) atoms. The highest BCUT2D eigenvalue weighted by molar-refractivity contribution is 6.39. The summed E-state index contributed by atoms with van der Waals surface area (Å²) in [6.45, 7) is 1.71. The van der Waals surface area contributed by atoms with Gasteiger partial charge < -0.3 is 4.74 Å². The molecule has 0 radical (unpaired) electrons. The first-order chi connectivity index (χ1) is 9.58. The SMILES string of the molecule is CCOC(=O)C(=O)C1CCc2cc(C#N)ccc2C1=O. The van der Waals surface area contributed by atoms with E-state index in [1.807, 2.05) is 6.07 Å². The molecule has 0 saturated carbocycles. The summed E-state index contributed by atoms with van der Waals surface area (Å²) in [4.78, 5) is 35.6. The fourth-order valence-corrected chi connectivity index (χ4v) is 2.32. The Bertz CT molecular complexity index is 627. The number of carbonyl (C=O) groups is 3. The van der Waals surface area contributed by atoms with E-state index in [0.717, 1.165) is 5.56 Å². The van der Waals surface area contributed by atoms with Crippen LogP contribution in [0.1, 0.15) is 34.8 Å². The molecule has 1 aromatic carbocycles. The third kappa shape index (κ3) is 2.45. The van der Waals surface area contributed by atoms with Crippen LogP contribution in [0.5, 0.6) is 0 Å². The zero-order valence-corrected chi connectivity index (χ0v) is 11.0. The van der Waals surface area contributed by atoms with Gasteiger partial charge in [0.15, 0.2) is 5.78 Å². The second kappa shape index (κ2) is 5.66. The van der Waals surface area contributed by atoms with E-state index in [0.29, 0.717) is 17.5 Å². The van der Waals surface area contributed by atoms with Gasteiger partial charge >= 0.3 is 5.97 Å². The van der Waals surface area contributed by atoms with Crippen LogP contribution in [0, 0.1) is 17.2 Å². The van der Waals surface area contributed by atoms with Gasteiger partial charge in [-0.15, -0.1) is 0 Å². The molecule has 1 atom stereocenters. The van der Waals surface area contributed by atoms with Crippen LogP contribution >= 0.6 is 0 Å². The Morgan fingerprint density at radius 3 is 2.85 bits per heavy atom. The van der Waals surface area contributed by atoms with Gasteiger partial charge in [0, 0.05) is 5.56 Å². The standard InChI is InChI=1S/C15H13NO4/c1-2-20-15(19)14(18)12-6-4-10-7-9(8-16)3-5-11(10)13(12)17/h3,5,7,12H,2,4,6H2,1H3. The Morgan fingerprint density at radius 1 is 1.45 bits per heavy atom. The first-order valence-electron chi connectivity index (χ1n) is 6.36. The molecule has 5 nitrogen and oxygen atoms in total. The summed E-state index contributed by atoms with van der Waals surface area (Å²) in [5.41, 5.74) is 1.64. The van der Waals surface area contributed by atoms with Crippen molar-refractivity contribution in [3.05, 3.63) is 34.9 Å². The van der Waals surface area contributed by atoms with Gasteiger partial charge in [-0.05, 0) is 43.5 Å². The minimum atomic E-state index is -0.963. The number of Topliss-reactive ketones (excluding diaryl/α,β-unsaturated/α-hetero) is 2. The van der Waals surface area contributed by atoms with E-state index in [9.17, 15) is 14.4 Å². The van der Waals surface area contributed by atoms with Gasteiger partial charge in [0.05, 0.1) is 24.2 Å². The molecule has 2 rings (SSSR count). The molecule has 0 bridgehead atoms. The van der Waals surface area contributed by atoms with Gasteiger partial charge in [-0.3, -0.25) is 9.59 Å². The van der Waals surface area contributed by atoms with Crippen molar-refractivity contribution in [1.82, 2.24) is 0 Å². The average Bonchev–Trinajstić information content (AvgIpc) is 2.46. The maximum absolute atomic E-state index is 12.3. The van der Waals surface area contributed by atoms with Crippen molar-refractivity contribution in [3.63, 3.8) is 0 Å². The van der Waals surface area contributed by atoms with Crippen LogP contribution in [-0.2, 0) is 20.7 Å². The third-order valence-electron chi connectivity index (χ3n) is 3.31. The quantitative estimate of drug-likeness (QED) is 0.472. The number of esters is 1. The fourth-order valence-electron chi connectivity index (χ4n) is 2.32. The summed E-state index contributed by atoms with van der Waals surface area (Å²) in [7, 11) is 0. The van der Waals surface area contributed by atoms with Crippen molar-refractivity contribution in [2.75, 3.05) is 6.61 Å². The monoisotopic (exact) mass is 271 g/mol. The van der Waals surface area contributed by atoms with Gasteiger partial charge in [0.25, 0.3) is 5.78 Å². The molecule has 0 saturated heterocycles. The highest BCUT2D eigenvalue weighted by atomic mass is 16.5. The second-order valence-electron chi connectivity index (χ2n) is 4.52. The van der Waals surface area contributed by atoms with Gasteiger partial charge in [-0.2, -0.15) is 5.26 Å². The Hall–Kier alpha value is -2.48. The van der Waals surface area contributed by atoms with Gasteiger partial charge in [0.1, 0.15) is 0 Å². The highest BCUT2D eigenvalue weighted by Gasteiger charge is 2.36. The zero-order valence-electron chi connectivity index (χ0n) is 11.0. The lowest BCUT2D eigenvalue weighted by Gasteiger charge is -2.21. The van der Waals surface area contributed by atoms with Crippen molar-refractivity contribution in [2.45, 2.75) is 19.8 Å². The molecule has 0 aromatic heterocycles. The lowest BCUT2D eigenvalue weighted by atomic mass is 9.80. The molecule has 1 aliphatic carbocycles. The number of nitriles is 1. The fraction of sp³-hybridized carbons (Fsp3) is 0.333. The van der Waals surface area contributed by atoms with Crippen LogP contribution in [-0.4, -0.2) is 24.1 Å². The van der Waals surface area contributed by atoms with E-state index in [1.165, 1.54) is 6.07 Å². The van der Waals surface area contributed by atoms with E-state index in [4.69, 9.17) is 5.26 Å². The molecule has 1 aliphatic rings. The predicted octanol–water partition coefficient (Wildman–Crippen LogP) is 1.44. The van der Waals surface area contributed by atoms with Crippen LogP contribution in [0.15, 0.2) is 18.2 Å². The van der Waals surface area contributed by atoms with Crippen molar-refractivity contribution in [1.29, 1.82) is 5.26 Å². The Morgan fingerprint density at radius 2 is 2.20 bits per heavy atom. The molecule has 0 fully saturated rings. The molecular weight excluding hydrogens is 258 g/mol. The normalized spacial score (nSPS) is 17.0. The number of fused-ring (bicyclic) bond motifs is 1. The number of hydrogen-bond donors (Lipinski definition) is 0. The number of rotatable bonds is 3. The number of nitrogens with zero attached hydrogens (tertiary/aromatic N) is 1. The maximum atomic E-state index is 12.3. The summed E-state index contributed by atoms with van der Waals surface area (Å²) in [5, 5.41) is 8.83. The number of ketones is 2. The molecule has 0 amide bonds. The van der Waals surface area contributed by atoms with Crippen molar-refractivity contribution in [3.8, 4) is 6.07 Å². The molecule has 0 heterocycles. The van der Waals surface area contributed by atoms with Crippen LogP contribution < -0.4 is 0 Å². The minimum Gasteiger partial charge on any atom is -0.460 e. The summed E-state index contributed by atoms with van der Waals surface area (Å²) >= 11 is 0. The molecule has 102 valence electrons. The highest BCUT2D eigenvalue weighted by Crippen LogP contribution is 2.27. The van der Waals surface area contributed by atoms with Gasteiger partial charge in [-0.1, -0.05) is 0 Å². The van der Waals surface area contributed by atoms with Crippen molar-refractivity contribution in [2.24, 2.45) is 5.92 Å². The Labute approximate surface area is 116 Å². The average molecular weight is 271 g/mol. The lowest BCUT2D eigenvalue weighted by Crippen LogP contribution is -2.35. The number of ether oxygens (including phenoxy) is 1. The smallest absolute Gasteiger partial charge is 0.375 e. The number of benzene rings is 1. The topological polar surface area (TPSA) is 84.2 Å². The van der Waals surface area contributed by atoms with Gasteiger partial charge in [-0.25, -0.2) is 4.79 Å². The van der Waals surface area contributed by atoms with E-state index >= 15 is 0 Å². The maximum Gasteiger partial charge on any atom is 0.375 e. The number of carbonyl (C=O) groups excluding carboxylic acids is 3. The number of hydrogen-bond acceptors (Lipinski definition) is 5. The van der Waals surface area contributed by atoms with E-state index in [-0.39, 0.29) is 18.8 Å². The first-order valence-corrected chi connectivity index (χ1v) is 6.36. The van der Waals surface area contributed by atoms with Crippen LogP contribution in [0.2, 0.25) is 0 Å². The molecule has 0 aliphatic heterocycles. The first kappa shape index (κ1) is 13.9. The largest absolute Gasteiger partial charge is 0.460 e. The molecule has 0 N–H and O–H groups in total. The van der Waals surface area contributed by atoms with E-state index < -0.39 is 17.7 Å². The van der Waals surface area contributed by atoms with Crippen LogP contribution in [0.3, 0.4) is 0 Å². The number of aryl methyl sites for hydroxylation is 1. The summed E-state index contributed by atoms with van der Waals surface area (Å²) in [6.07, 6.45) is 0.769. The summed E-state index contributed by atoms with van der Waals surface area (Å²) < 4.78 is 4.65. The summed E-state index contributed by atoms with van der Waals surface area (Å²) in [5.74, 6) is -3.07. The molecular formula is C15H13NO4.